The average molecular weight is 479 g/mol. The number of esters is 2. The van der Waals surface area contributed by atoms with Crippen LogP contribution in [-0.2, 0) is 35.1 Å². The lowest BCUT2D eigenvalue weighted by Gasteiger charge is -2.46. The van der Waals surface area contributed by atoms with E-state index in [0.29, 0.717) is 11.3 Å². The van der Waals surface area contributed by atoms with E-state index in [2.05, 4.69) is 5.32 Å². The summed E-state index contributed by atoms with van der Waals surface area (Å²) in [5.74, 6) is -3.02. The van der Waals surface area contributed by atoms with Gasteiger partial charge in [-0.1, -0.05) is 42.5 Å². The number of carbonyl (C=O) groups is 5. The van der Waals surface area contributed by atoms with E-state index < -0.39 is 42.1 Å². The lowest BCUT2D eigenvalue weighted by molar-refractivity contribution is -0.159. The summed E-state index contributed by atoms with van der Waals surface area (Å²) < 4.78 is 10.1. The number of benzene rings is 2. The molecule has 10 heteroatoms. The normalized spacial score (nSPS) is 19.5. The molecule has 10 nitrogen and oxygen atoms in total. The molecule has 0 aliphatic carbocycles. The van der Waals surface area contributed by atoms with Gasteiger partial charge in [-0.15, -0.1) is 0 Å². The Kier molecular flexibility index (Phi) is 6.54. The fourth-order valence-corrected chi connectivity index (χ4v) is 4.56. The third-order valence-corrected chi connectivity index (χ3v) is 6.31. The highest BCUT2D eigenvalue weighted by Gasteiger charge is 2.60. The zero-order valence-corrected chi connectivity index (χ0v) is 19.4. The van der Waals surface area contributed by atoms with Crippen LogP contribution in [0.5, 0.6) is 0 Å². The highest BCUT2D eigenvalue weighted by atomic mass is 16.5. The van der Waals surface area contributed by atoms with Crippen LogP contribution >= 0.6 is 0 Å². The van der Waals surface area contributed by atoms with Gasteiger partial charge in [0.15, 0.2) is 6.61 Å². The molecular formula is C25H25N3O7. The van der Waals surface area contributed by atoms with E-state index in [1.165, 1.54) is 24.0 Å². The first kappa shape index (κ1) is 23.9. The summed E-state index contributed by atoms with van der Waals surface area (Å²) in [4.78, 5) is 66.3. The van der Waals surface area contributed by atoms with Gasteiger partial charge in [0.1, 0.15) is 6.04 Å². The average Bonchev–Trinajstić information content (AvgIpc) is 3.24. The van der Waals surface area contributed by atoms with Crippen molar-refractivity contribution in [1.29, 1.82) is 0 Å². The number of amides is 3. The maximum atomic E-state index is 13.3. The minimum Gasteiger partial charge on any atom is -0.467 e. The van der Waals surface area contributed by atoms with Crippen molar-refractivity contribution in [3.8, 4) is 0 Å². The molecule has 2 aliphatic rings. The van der Waals surface area contributed by atoms with Gasteiger partial charge < -0.3 is 19.7 Å². The predicted octanol–water partition coefficient (Wildman–Crippen LogP) is 1.04. The lowest BCUT2D eigenvalue weighted by atomic mass is 9.97. The number of likely N-dealkylation sites (N-methyl/N-ethyl adjacent to an activating group) is 1. The lowest BCUT2D eigenvalue weighted by Crippen LogP contribution is -2.67. The summed E-state index contributed by atoms with van der Waals surface area (Å²) in [6.45, 7) is -0.700. The second-order valence-corrected chi connectivity index (χ2v) is 8.34. The fourth-order valence-electron chi connectivity index (χ4n) is 4.56. The standard InChI is InChI=1S/C25H25N3O7/c1-27-22(31)17-10-6-7-11-19(17)28-21(30)12-13-25(27,28)24(33)35-15-20(29)26-18(23(32)34-2)14-16-8-4-3-5-9-16/h3-11,18H,12-15H2,1-2H3,(H,26,29). The summed E-state index contributed by atoms with van der Waals surface area (Å²) in [5.41, 5.74) is -0.254. The fraction of sp³-hybridized carbons (Fsp3) is 0.320. The number of carbonyl (C=O) groups excluding carboxylic acids is 5. The van der Waals surface area contributed by atoms with Gasteiger partial charge in [0.25, 0.3) is 11.8 Å². The number of nitrogens with zero attached hydrogens (tertiary/aromatic N) is 2. The van der Waals surface area contributed by atoms with Crippen LogP contribution in [0, 0.1) is 0 Å². The summed E-state index contributed by atoms with van der Waals surface area (Å²) in [6, 6.07) is 14.6. The number of ether oxygens (including phenoxy) is 2. The molecule has 0 spiro atoms. The molecule has 1 N–H and O–H groups in total. The van der Waals surface area contributed by atoms with E-state index in [9.17, 15) is 24.0 Å². The van der Waals surface area contributed by atoms with E-state index in [1.807, 2.05) is 6.07 Å². The summed E-state index contributed by atoms with van der Waals surface area (Å²) in [6.07, 6.45) is 0.254. The zero-order valence-electron chi connectivity index (χ0n) is 19.4. The van der Waals surface area contributed by atoms with Gasteiger partial charge in [0, 0.05) is 26.3 Å². The Morgan fingerprint density at radius 3 is 2.46 bits per heavy atom. The summed E-state index contributed by atoms with van der Waals surface area (Å²) >= 11 is 0. The molecule has 0 aromatic heterocycles. The van der Waals surface area contributed by atoms with Crippen molar-refractivity contribution in [1.82, 2.24) is 10.2 Å². The molecular weight excluding hydrogens is 454 g/mol. The first-order chi connectivity index (χ1) is 16.8. The molecule has 35 heavy (non-hydrogen) atoms. The van der Waals surface area contributed by atoms with Crippen molar-refractivity contribution in [3.63, 3.8) is 0 Å². The van der Waals surface area contributed by atoms with Gasteiger partial charge >= 0.3 is 11.9 Å². The first-order valence-electron chi connectivity index (χ1n) is 11.1. The number of hydrogen-bond donors (Lipinski definition) is 1. The number of anilines is 1. The maximum Gasteiger partial charge on any atom is 0.354 e. The largest absolute Gasteiger partial charge is 0.467 e. The number of para-hydroxylation sites is 1. The van der Waals surface area contributed by atoms with Crippen LogP contribution in [0.25, 0.3) is 0 Å². The minimum atomic E-state index is -1.69. The molecule has 2 heterocycles. The van der Waals surface area contributed by atoms with Crippen molar-refractivity contribution in [2.75, 3.05) is 25.7 Å². The molecule has 2 aliphatic heterocycles. The predicted molar refractivity (Wildman–Crippen MR) is 123 cm³/mol. The van der Waals surface area contributed by atoms with Gasteiger partial charge in [-0.05, 0) is 17.7 Å². The number of hydrogen-bond acceptors (Lipinski definition) is 7. The van der Waals surface area contributed by atoms with Crippen LogP contribution < -0.4 is 10.2 Å². The van der Waals surface area contributed by atoms with Gasteiger partial charge in [-0.3, -0.25) is 19.3 Å². The Morgan fingerprint density at radius 1 is 1.06 bits per heavy atom. The van der Waals surface area contributed by atoms with Crippen LogP contribution in [0.4, 0.5) is 5.69 Å². The quantitative estimate of drug-likeness (QED) is 0.589. The van der Waals surface area contributed by atoms with E-state index in [1.54, 1.807) is 48.5 Å². The third-order valence-electron chi connectivity index (χ3n) is 6.31. The van der Waals surface area contributed by atoms with Gasteiger partial charge in [-0.2, -0.15) is 0 Å². The van der Waals surface area contributed by atoms with Crippen molar-refractivity contribution in [2.45, 2.75) is 31.0 Å². The Balaban J connectivity index is 1.49. The number of rotatable bonds is 7. The van der Waals surface area contributed by atoms with Gasteiger partial charge in [-0.25, -0.2) is 9.59 Å². The molecule has 182 valence electrons. The van der Waals surface area contributed by atoms with E-state index in [0.717, 1.165) is 5.56 Å². The van der Waals surface area contributed by atoms with Crippen LogP contribution in [0.3, 0.4) is 0 Å². The molecule has 2 atom stereocenters. The van der Waals surface area contributed by atoms with Crippen LogP contribution in [0.2, 0.25) is 0 Å². The third kappa shape index (κ3) is 4.23. The Bertz CT molecular complexity index is 1180. The van der Waals surface area contributed by atoms with Gasteiger partial charge in [0.2, 0.25) is 11.6 Å². The molecule has 2 aromatic rings. The molecule has 3 amide bonds. The minimum absolute atomic E-state index is 0.0294. The van der Waals surface area contributed by atoms with Crippen molar-refractivity contribution < 1.29 is 33.4 Å². The topological polar surface area (TPSA) is 122 Å². The summed E-state index contributed by atoms with van der Waals surface area (Å²) in [5, 5.41) is 2.52. The number of nitrogens with one attached hydrogen (secondary N) is 1. The molecule has 4 rings (SSSR count). The van der Waals surface area contributed by atoms with Crippen LogP contribution in [-0.4, -0.2) is 67.0 Å². The Hall–Kier alpha value is -4.21. The summed E-state index contributed by atoms with van der Waals surface area (Å²) in [7, 11) is 2.64. The molecule has 1 fully saturated rings. The second kappa shape index (κ2) is 9.57. The maximum absolute atomic E-state index is 13.3. The van der Waals surface area contributed by atoms with Crippen molar-refractivity contribution in [2.24, 2.45) is 0 Å². The molecule has 0 bridgehead atoms. The Labute approximate surface area is 201 Å². The second-order valence-electron chi connectivity index (χ2n) is 8.34. The van der Waals surface area contributed by atoms with E-state index in [-0.39, 0.29) is 25.2 Å². The zero-order chi connectivity index (χ0) is 25.2. The Morgan fingerprint density at radius 2 is 1.74 bits per heavy atom. The van der Waals surface area contributed by atoms with Crippen molar-refractivity contribution >= 4 is 35.3 Å². The molecule has 2 unspecified atom stereocenters. The van der Waals surface area contributed by atoms with Crippen molar-refractivity contribution in [3.05, 3.63) is 65.7 Å². The monoisotopic (exact) mass is 479 g/mol. The smallest absolute Gasteiger partial charge is 0.354 e. The number of methoxy groups -OCH3 is 1. The van der Waals surface area contributed by atoms with E-state index in [4.69, 9.17) is 9.47 Å². The van der Waals surface area contributed by atoms with E-state index >= 15 is 0 Å². The molecule has 0 radical (unpaired) electrons. The molecule has 2 aromatic carbocycles. The first-order valence-corrected chi connectivity index (χ1v) is 11.1. The molecule has 1 saturated heterocycles. The highest BCUT2D eigenvalue weighted by Crippen LogP contribution is 2.44. The van der Waals surface area contributed by atoms with Crippen LogP contribution in [0.15, 0.2) is 54.6 Å². The number of fused-ring (bicyclic) bond motifs is 3. The SMILES string of the molecule is COC(=O)C(Cc1ccccc1)NC(=O)COC(=O)C12CCC(=O)N1c1ccccc1C(=O)N2C. The van der Waals surface area contributed by atoms with Gasteiger partial charge in [0.05, 0.1) is 18.4 Å². The van der Waals surface area contributed by atoms with Crippen LogP contribution in [0.1, 0.15) is 28.8 Å². The highest BCUT2D eigenvalue weighted by molar-refractivity contribution is 6.15. The molecule has 0 saturated carbocycles.